The summed E-state index contributed by atoms with van der Waals surface area (Å²) in [5.74, 6) is 2.48. The smallest absolute Gasteiger partial charge is 0.136 e. The predicted octanol–water partition coefficient (Wildman–Crippen LogP) is 2.67. The van der Waals surface area contributed by atoms with Crippen LogP contribution in [0.5, 0.6) is 0 Å². The van der Waals surface area contributed by atoms with Gasteiger partial charge in [0.15, 0.2) is 0 Å². The number of hydrogen-bond donors (Lipinski definition) is 1. The van der Waals surface area contributed by atoms with Gasteiger partial charge in [-0.2, -0.15) is 0 Å². The largest absolute Gasteiger partial charge is 0.378 e. The van der Waals surface area contributed by atoms with E-state index in [9.17, 15) is 0 Å². The summed E-state index contributed by atoms with van der Waals surface area (Å²) < 4.78 is 5.23. The summed E-state index contributed by atoms with van der Waals surface area (Å²) >= 11 is 0. The Balaban J connectivity index is 2.07. The maximum Gasteiger partial charge on any atom is 0.136 e. The van der Waals surface area contributed by atoms with Crippen LogP contribution in [0.2, 0.25) is 0 Å². The van der Waals surface area contributed by atoms with Gasteiger partial charge in [-0.15, -0.1) is 0 Å². The number of hydrogen-bond acceptors (Lipinski definition) is 5. The Morgan fingerprint density at radius 1 is 1.36 bits per heavy atom. The second-order valence-electron chi connectivity index (χ2n) is 7.40. The van der Waals surface area contributed by atoms with Gasteiger partial charge in [-0.3, -0.25) is 0 Å². The van der Waals surface area contributed by atoms with Gasteiger partial charge >= 0.3 is 0 Å². The number of aromatic nitrogens is 2. The lowest BCUT2D eigenvalue weighted by molar-refractivity contribution is 0.181. The highest BCUT2D eigenvalue weighted by molar-refractivity contribution is 5.37. The van der Waals surface area contributed by atoms with Crippen LogP contribution in [0, 0.1) is 5.92 Å². The summed E-state index contributed by atoms with van der Waals surface area (Å²) in [6.45, 7) is 10.3. The van der Waals surface area contributed by atoms with Crippen molar-refractivity contribution in [3.8, 4) is 0 Å². The van der Waals surface area contributed by atoms with E-state index in [1.807, 2.05) is 6.07 Å². The molecule has 1 aromatic heterocycles. The average molecular weight is 306 g/mol. The van der Waals surface area contributed by atoms with E-state index >= 15 is 0 Å². The molecular formula is C17H30N4O. The molecule has 0 radical (unpaired) electrons. The SMILES string of the molecule is COCc1cc(NCC2CCCN(C)C2)nc(C(C)(C)C)n1. The minimum atomic E-state index is -0.0642. The van der Waals surface area contributed by atoms with Crippen LogP contribution >= 0.6 is 0 Å². The number of piperidine rings is 1. The molecule has 1 unspecified atom stereocenters. The zero-order chi connectivity index (χ0) is 16.2. The van der Waals surface area contributed by atoms with Crippen LogP contribution in [0.15, 0.2) is 6.07 Å². The second-order valence-corrected chi connectivity index (χ2v) is 7.40. The molecule has 1 aliphatic heterocycles. The standard InChI is InChI=1S/C17H30N4O/c1-17(2,3)16-19-14(12-22-5)9-15(20-16)18-10-13-7-6-8-21(4)11-13/h9,13H,6-8,10-12H2,1-5H3,(H,18,19,20). The number of nitrogens with one attached hydrogen (secondary N) is 1. The highest BCUT2D eigenvalue weighted by Crippen LogP contribution is 2.22. The van der Waals surface area contributed by atoms with E-state index in [0.29, 0.717) is 12.5 Å². The van der Waals surface area contributed by atoms with Gasteiger partial charge in [0, 0.05) is 31.7 Å². The van der Waals surface area contributed by atoms with Gasteiger partial charge in [0.05, 0.1) is 12.3 Å². The van der Waals surface area contributed by atoms with Crippen LogP contribution in [0.4, 0.5) is 5.82 Å². The van der Waals surface area contributed by atoms with Crippen molar-refractivity contribution in [2.75, 3.05) is 39.1 Å². The lowest BCUT2D eigenvalue weighted by Gasteiger charge is -2.30. The van der Waals surface area contributed by atoms with Crippen molar-refractivity contribution in [2.45, 2.75) is 45.6 Å². The molecule has 0 spiro atoms. The predicted molar refractivity (Wildman–Crippen MR) is 90.2 cm³/mol. The van der Waals surface area contributed by atoms with Crippen molar-refractivity contribution in [2.24, 2.45) is 5.92 Å². The Labute approximate surface area is 134 Å². The van der Waals surface area contributed by atoms with Crippen molar-refractivity contribution in [3.05, 3.63) is 17.6 Å². The van der Waals surface area contributed by atoms with E-state index in [2.05, 4.69) is 43.0 Å². The summed E-state index contributed by atoms with van der Waals surface area (Å²) in [5.41, 5.74) is 0.872. The highest BCUT2D eigenvalue weighted by atomic mass is 16.5. The maximum atomic E-state index is 5.23. The van der Waals surface area contributed by atoms with Gasteiger partial charge in [0.1, 0.15) is 11.6 Å². The third kappa shape index (κ3) is 4.92. The van der Waals surface area contributed by atoms with Crippen molar-refractivity contribution in [3.63, 3.8) is 0 Å². The summed E-state index contributed by atoms with van der Waals surface area (Å²) in [7, 11) is 3.90. The number of ether oxygens (including phenoxy) is 1. The number of rotatable bonds is 5. The molecule has 0 bridgehead atoms. The Bertz CT molecular complexity index is 484. The monoisotopic (exact) mass is 306 g/mol. The van der Waals surface area contributed by atoms with E-state index < -0.39 is 0 Å². The Morgan fingerprint density at radius 3 is 2.77 bits per heavy atom. The zero-order valence-corrected chi connectivity index (χ0v) is 14.6. The first-order chi connectivity index (χ1) is 10.4. The third-order valence-electron chi connectivity index (χ3n) is 4.04. The van der Waals surface area contributed by atoms with Gasteiger partial charge in [-0.05, 0) is 32.4 Å². The Morgan fingerprint density at radius 2 is 2.14 bits per heavy atom. The number of likely N-dealkylation sites (tertiary alicyclic amines) is 1. The summed E-state index contributed by atoms with van der Waals surface area (Å²) in [5, 5.41) is 3.51. The minimum absolute atomic E-state index is 0.0642. The molecule has 124 valence electrons. The van der Waals surface area contributed by atoms with E-state index in [4.69, 9.17) is 9.72 Å². The molecule has 0 aliphatic carbocycles. The van der Waals surface area contributed by atoms with E-state index in [0.717, 1.165) is 30.4 Å². The highest BCUT2D eigenvalue weighted by Gasteiger charge is 2.20. The minimum Gasteiger partial charge on any atom is -0.378 e. The lowest BCUT2D eigenvalue weighted by Crippen LogP contribution is -2.35. The zero-order valence-electron chi connectivity index (χ0n) is 14.6. The van der Waals surface area contributed by atoms with Crippen LogP contribution in [-0.4, -0.2) is 48.7 Å². The Hall–Kier alpha value is -1.20. The molecule has 1 aromatic rings. The van der Waals surface area contributed by atoms with Crippen LogP contribution in [0.1, 0.15) is 45.1 Å². The fraction of sp³-hybridized carbons (Fsp3) is 0.765. The number of methoxy groups -OCH3 is 1. The molecule has 5 nitrogen and oxygen atoms in total. The third-order valence-corrected chi connectivity index (χ3v) is 4.04. The van der Waals surface area contributed by atoms with E-state index in [-0.39, 0.29) is 5.41 Å². The second kappa shape index (κ2) is 7.38. The van der Waals surface area contributed by atoms with Gasteiger partial charge in [-0.25, -0.2) is 9.97 Å². The molecule has 1 aliphatic rings. The lowest BCUT2D eigenvalue weighted by atomic mass is 9.95. The molecule has 2 rings (SSSR count). The van der Waals surface area contributed by atoms with Crippen LogP contribution < -0.4 is 5.32 Å². The molecular weight excluding hydrogens is 276 g/mol. The van der Waals surface area contributed by atoms with Gasteiger partial charge in [0.2, 0.25) is 0 Å². The first-order valence-corrected chi connectivity index (χ1v) is 8.18. The normalized spacial score (nSPS) is 20.1. The molecule has 1 N–H and O–H groups in total. The van der Waals surface area contributed by atoms with Gasteiger partial charge in [-0.1, -0.05) is 20.8 Å². The molecule has 1 atom stereocenters. The molecule has 2 heterocycles. The first kappa shape index (κ1) is 17.2. The number of nitrogens with zero attached hydrogens (tertiary/aromatic N) is 3. The van der Waals surface area contributed by atoms with Crippen LogP contribution in [-0.2, 0) is 16.8 Å². The molecule has 1 saturated heterocycles. The quantitative estimate of drug-likeness (QED) is 0.906. The molecule has 1 fully saturated rings. The topological polar surface area (TPSA) is 50.3 Å². The summed E-state index contributed by atoms with van der Waals surface area (Å²) in [6.07, 6.45) is 2.58. The molecule has 22 heavy (non-hydrogen) atoms. The molecule has 0 amide bonds. The molecule has 0 aromatic carbocycles. The van der Waals surface area contributed by atoms with Gasteiger partial charge in [0.25, 0.3) is 0 Å². The van der Waals surface area contributed by atoms with Crippen molar-refractivity contribution in [1.82, 2.24) is 14.9 Å². The van der Waals surface area contributed by atoms with E-state index in [1.165, 1.54) is 19.4 Å². The van der Waals surface area contributed by atoms with Crippen LogP contribution in [0.3, 0.4) is 0 Å². The van der Waals surface area contributed by atoms with Crippen molar-refractivity contribution < 1.29 is 4.74 Å². The molecule has 0 saturated carbocycles. The maximum absolute atomic E-state index is 5.23. The van der Waals surface area contributed by atoms with Gasteiger partial charge < -0.3 is 15.0 Å². The summed E-state index contributed by atoms with van der Waals surface area (Å²) in [6, 6.07) is 2.01. The van der Waals surface area contributed by atoms with Crippen LogP contribution in [0.25, 0.3) is 0 Å². The van der Waals surface area contributed by atoms with Crippen molar-refractivity contribution in [1.29, 1.82) is 0 Å². The molecule has 5 heteroatoms. The van der Waals surface area contributed by atoms with E-state index in [1.54, 1.807) is 7.11 Å². The fourth-order valence-electron chi connectivity index (χ4n) is 2.83. The van der Waals surface area contributed by atoms with Crippen molar-refractivity contribution >= 4 is 5.82 Å². The summed E-state index contributed by atoms with van der Waals surface area (Å²) in [4.78, 5) is 11.7. The fourth-order valence-corrected chi connectivity index (χ4v) is 2.83. The average Bonchev–Trinajstić information content (AvgIpc) is 2.44. The Kier molecular flexibility index (Phi) is 5.75. The first-order valence-electron chi connectivity index (χ1n) is 8.18. The number of anilines is 1.